The third-order valence-corrected chi connectivity index (χ3v) is 4.43. The molecule has 1 saturated carbocycles. The number of allylic oxidation sites excluding steroid dienone is 1. The molecule has 6 nitrogen and oxygen atoms in total. The molecular weight excluding hydrogens is 288 g/mol. The van der Waals surface area contributed by atoms with Gasteiger partial charge in [-0.2, -0.15) is 0 Å². The van der Waals surface area contributed by atoms with Crippen molar-refractivity contribution in [2.24, 2.45) is 11.8 Å². The molecule has 1 aliphatic carbocycles. The van der Waals surface area contributed by atoms with Gasteiger partial charge < -0.3 is 23.7 Å². The van der Waals surface area contributed by atoms with Crippen LogP contribution in [0.2, 0.25) is 0 Å². The van der Waals surface area contributed by atoms with Crippen LogP contribution in [0.4, 0.5) is 0 Å². The molecule has 0 spiro atoms. The highest BCUT2D eigenvalue weighted by molar-refractivity contribution is 5.69. The van der Waals surface area contributed by atoms with Gasteiger partial charge in [0.25, 0.3) is 0 Å². The van der Waals surface area contributed by atoms with Gasteiger partial charge in [0.05, 0.1) is 19.3 Å². The molecule has 2 rings (SSSR count). The van der Waals surface area contributed by atoms with Crippen LogP contribution in [0.25, 0.3) is 0 Å². The van der Waals surface area contributed by atoms with Gasteiger partial charge in [-0.1, -0.05) is 12.2 Å². The van der Waals surface area contributed by atoms with E-state index < -0.39 is 0 Å². The van der Waals surface area contributed by atoms with Crippen LogP contribution < -0.4 is 0 Å². The third-order valence-electron chi connectivity index (χ3n) is 4.43. The molecule has 0 aromatic heterocycles. The standard InChI is InChI=1S/C16H26O6/c1-18-10-21-12-9-8-11-15(12)13(22-16(11)20-3)6-4-5-7-14(17)19-2/h4,6,11-13,15-16H,5,7-10H2,1-3H3/b6-4-/t11-,12+,13-,15-,16-/m0/s1. The summed E-state index contributed by atoms with van der Waals surface area (Å²) in [7, 11) is 4.70. The van der Waals surface area contributed by atoms with Crippen molar-refractivity contribution >= 4 is 5.97 Å². The zero-order valence-corrected chi connectivity index (χ0v) is 13.5. The first kappa shape index (κ1) is 17.4. The van der Waals surface area contributed by atoms with E-state index in [1.807, 2.05) is 12.2 Å². The second-order valence-electron chi connectivity index (χ2n) is 5.68. The lowest BCUT2D eigenvalue weighted by atomic mass is 9.91. The molecule has 22 heavy (non-hydrogen) atoms. The maximum Gasteiger partial charge on any atom is 0.305 e. The Kier molecular flexibility index (Phi) is 6.82. The number of fused-ring (bicyclic) bond motifs is 1. The number of hydrogen-bond donors (Lipinski definition) is 0. The van der Waals surface area contributed by atoms with Crippen molar-refractivity contribution in [2.45, 2.75) is 44.2 Å². The molecule has 5 atom stereocenters. The van der Waals surface area contributed by atoms with E-state index in [4.69, 9.17) is 18.9 Å². The maximum atomic E-state index is 11.1. The molecule has 0 amide bonds. The van der Waals surface area contributed by atoms with Gasteiger partial charge >= 0.3 is 5.97 Å². The van der Waals surface area contributed by atoms with Crippen LogP contribution in [-0.4, -0.2) is 52.6 Å². The summed E-state index contributed by atoms with van der Waals surface area (Å²) in [5.74, 6) is 0.420. The third kappa shape index (κ3) is 4.07. The Morgan fingerprint density at radius 2 is 2.09 bits per heavy atom. The van der Waals surface area contributed by atoms with Gasteiger partial charge in [0.1, 0.15) is 6.79 Å². The Morgan fingerprint density at radius 3 is 2.77 bits per heavy atom. The molecule has 6 heteroatoms. The lowest BCUT2D eigenvalue weighted by Gasteiger charge is -2.21. The van der Waals surface area contributed by atoms with E-state index >= 15 is 0 Å². The zero-order chi connectivity index (χ0) is 15.9. The quantitative estimate of drug-likeness (QED) is 0.387. The SMILES string of the molecule is COCO[C@@H]1CC[C@@H]2[C@@H](OC)O[C@@H](/C=C\CCC(=O)OC)[C@@H]21. The predicted octanol–water partition coefficient (Wildman–Crippen LogP) is 1.88. The number of esters is 1. The number of rotatable bonds is 8. The van der Waals surface area contributed by atoms with Gasteiger partial charge in [0.15, 0.2) is 6.29 Å². The maximum absolute atomic E-state index is 11.1. The first-order valence-corrected chi connectivity index (χ1v) is 7.73. The van der Waals surface area contributed by atoms with Crippen LogP contribution in [0.5, 0.6) is 0 Å². The molecule has 1 aliphatic heterocycles. The van der Waals surface area contributed by atoms with Crippen molar-refractivity contribution in [1.82, 2.24) is 0 Å². The number of hydrogen-bond acceptors (Lipinski definition) is 6. The van der Waals surface area contributed by atoms with Gasteiger partial charge in [-0.3, -0.25) is 4.79 Å². The van der Waals surface area contributed by atoms with E-state index in [2.05, 4.69) is 4.74 Å². The highest BCUT2D eigenvalue weighted by atomic mass is 16.7. The molecule has 0 aromatic rings. The van der Waals surface area contributed by atoms with E-state index in [1.165, 1.54) is 7.11 Å². The molecule has 126 valence electrons. The molecule has 0 N–H and O–H groups in total. The van der Waals surface area contributed by atoms with Crippen LogP contribution >= 0.6 is 0 Å². The van der Waals surface area contributed by atoms with Crippen molar-refractivity contribution in [3.05, 3.63) is 12.2 Å². The minimum atomic E-state index is -0.202. The largest absolute Gasteiger partial charge is 0.469 e. The fourth-order valence-corrected chi connectivity index (χ4v) is 3.42. The fourth-order valence-electron chi connectivity index (χ4n) is 3.42. The lowest BCUT2D eigenvalue weighted by molar-refractivity contribution is -0.140. The van der Waals surface area contributed by atoms with Crippen LogP contribution in [0.15, 0.2) is 12.2 Å². The Labute approximate surface area is 131 Å². The lowest BCUT2D eigenvalue weighted by Crippen LogP contribution is -2.28. The van der Waals surface area contributed by atoms with Gasteiger partial charge in [0.2, 0.25) is 0 Å². The van der Waals surface area contributed by atoms with Crippen molar-refractivity contribution < 1.29 is 28.5 Å². The monoisotopic (exact) mass is 314 g/mol. The van der Waals surface area contributed by atoms with Crippen molar-refractivity contribution in [2.75, 3.05) is 28.1 Å². The second-order valence-corrected chi connectivity index (χ2v) is 5.68. The molecule has 2 fully saturated rings. The summed E-state index contributed by atoms with van der Waals surface area (Å²) < 4.78 is 26.9. The average molecular weight is 314 g/mol. The number of carbonyl (C=O) groups is 1. The molecular formula is C16H26O6. The average Bonchev–Trinajstić information content (AvgIpc) is 3.10. The smallest absolute Gasteiger partial charge is 0.305 e. The van der Waals surface area contributed by atoms with Crippen molar-refractivity contribution in [1.29, 1.82) is 0 Å². The Bertz CT molecular complexity index is 383. The second kappa shape index (κ2) is 8.62. The first-order valence-electron chi connectivity index (χ1n) is 7.73. The van der Waals surface area contributed by atoms with E-state index in [-0.39, 0.29) is 30.4 Å². The fraction of sp³-hybridized carbons (Fsp3) is 0.812. The van der Waals surface area contributed by atoms with Gasteiger partial charge in [-0.05, 0) is 19.3 Å². The minimum absolute atomic E-state index is 0.0445. The first-order chi connectivity index (χ1) is 10.7. The number of ether oxygens (including phenoxy) is 5. The summed E-state index contributed by atoms with van der Waals surface area (Å²) in [5, 5.41) is 0. The summed E-state index contributed by atoms with van der Waals surface area (Å²) in [5.41, 5.74) is 0. The van der Waals surface area contributed by atoms with Crippen LogP contribution in [0, 0.1) is 11.8 Å². The predicted molar refractivity (Wildman–Crippen MR) is 79.0 cm³/mol. The Balaban J connectivity index is 1.93. The Hall–Kier alpha value is -0.950. The van der Waals surface area contributed by atoms with Crippen molar-refractivity contribution in [3.63, 3.8) is 0 Å². The van der Waals surface area contributed by atoms with Gasteiger partial charge in [-0.15, -0.1) is 0 Å². The molecule has 2 aliphatic rings. The zero-order valence-electron chi connectivity index (χ0n) is 13.5. The van der Waals surface area contributed by atoms with E-state index in [1.54, 1.807) is 14.2 Å². The molecule has 1 saturated heterocycles. The highest BCUT2D eigenvalue weighted by Crippen LogP contribution is 2.46. The van der Waals surface area contributed by atoms with Crippen LogP contribution in [0.3, 0.4) is 0 Å². The summed E-state index contributed by atoms with van der Waals surface area (Å²) in [6.45, 7) is 0.296. The molecule has 0 bridgehead atoms. The van der Waals surface area contributed by atoms with Gasteiger partial charge in [-0.25, -0.2) is 0 Å². The summed E-state index contributed by atoms with van der Waals surface area (Å²) in [6.07, 6.45) is 6.94. The van der Waals surface area contributed by atoms with E-state index in [0.717, 1.165) is 12.8 Å². The molecule has 0 unspecified atom stereocenters. The van der Waals surface area contributed by atoms with Crippen molar-refractivity contribution in [3.8, 4) is 0 Å². The molecule has 0 aromatic carbocycles. The number of methoxy groups -OCH3 is 3. The highest BCUT2D eigenvalue weighted by Gasteiger charge is 2.51. The van der Waals surface area contributed by atoms with E-state index in [0.29, 0.717) is 25.6 Å². The topological polar surface area (TPSA) is 63.2 Å². The normalized spacial score (nSPS) is 34.2. The van der Waals surface area contributed by atoms with Crippen LogP contribution in [0.1, 0.15) is 25.7 Å². The summed E-state index contributed by atoms with van der Waals surface area (Å²) >= 11 is 0. The van der Waals surface area contributed by atoms with Gasteiger partial charge in [0, 0.05) is 32.5 Å². The van der Waals surface area contributed by atoms with E-state index in [9.17, 15) is 4.79 Å². The Morgan fingerprint density at radius 1 is 1.27 bits per heavy atom. The number of carbonyl (C=O) groups excluding carboxylic acids is 1. The summed E-state index contributed by atoms with van der Waals surface area (Å²) in [6, 6.07) is 0. The molecule has 0 radical (unpaired) electrons. The van der Waals surface area contributed by atoms with Crippen LogP contribution in [-0.2, 0) is 28.5 Å². The summed E-state index contributed by atoms with van der Waals surface area (Å²) in [4.78, 5) is 11.1. The minimum Gasteiger partial charge on any atom is -0.469 e. The molecule has 1 heterocycles.